The zero-order chi connectivity index (χ0) is 15.0. The molecular weight excluding hydrogens is 324 g/mol. The van der Waals surface area contributed by atoms with Crippen LogP contribution in [0.25, 0.3) is 23.4 Å². The van der Waals surface area contributed by atoms with Gasteiger partial charge in [-0.3, -0.25) is 14.4 Å². The number of carboxylic acids is 3. The predicted molar refractivity (Wildman–Crippen MR) is 69.6 cm³/mol. The van der Waals surface area contributed by atoms with E-state index in [0.717, 1.165) is 0 Å². The summed E-state index contributed by atoms with van der Waals surface area (Å²) in [5, 5.41) is 23.4. The van der Waals surface area contributed by atoms with Crippen LogP contribution in [0.1, 0.15) is 19.3 Å². The second kappa shape index (κ2) is 26.4. The van der Waals surface area contributed by atoms with Gasteiger partial charge < -0.3 is 38.7 Å². The molecule has 0 saturated heterocycles. The number of carboxylic acid groups (broad SMARTS) is 3. The summed E-state index contributed by atoms with van der Waals surface area (Å²) in [6, 6.07) is 0. The van der Waals surface area contributed by atoms with Crippen molar-refractivity contribution in [1.29, 1.82) is 0 Å². The molecule has 0 bridgehead atoms. The van der Waals surface area contributed by atoms with E-state index in [1.807, 2.05) is 0 Å². The zero-order valence-electron chi connectivity index (χ0n) is 10.7. The molecule has 0 aliphatic rings. The first-order valence-corrected chi connectivity index (χ1v) is 4.90. The molecule has 0 atom stereocenters. The molecule has 8 N–H and O–H groups in total. The molecule has 0 aromatic carbocycles. The minimum absolute atomic E-state index is 0. The fourth-order valence-electron chi connectivity index (χ4n) is 0.321. The normalized spacial score (nSPS) is 7.35. The van der Waals surface area contributed by atoms with Crippen molar-refractivity contribution in [2.24, 2.45) is 0 Å². The number of hydrogen-bond donors (Lipinski definition) is 3. The maximum Gasteiger partial charge on any atom is 0.301 e. The van der Waals surface area contributed by atoms with Gasteiger partial charge in [-0.05, 0) is 0 Å². The van der Waals surface area contributed by atoms with Crippen molar-refractivity contribution in [3.63, 3.8) is 0 Å². The van der Waals surface area contributed by atoms with E-state index < -0.39 is 17.9 Å². The first kappa shape index (κ1) is 31.3. The van der Waals surface area contributed by atoms with E-state index in [1.165, 1.54) is 0 Å². The van der Waals surface area contributed by atoms with Crippen molar-refractivity contribution in [3.8, 4) is 0 Å². The Balaban J connectivity index is -0.0000000536. The monoisotopic (exact) mass is 343 g/mol. The zero-order valence-corrected chi connectivity index (χ0v) is 11.6. The summed E-state index contributed by atoms with van der Waals surface area (Å²) in [5.74, 6) is -2.69. The van der Waals surface area contributed by atoms with Crippen molar-refractivity contribution in [1.82, 2.24) is 0 Å². The molecule has 0 spiro atoms. The first-order chi connectivity index (χ1) is 8.31. The van der Waals surface area contributed by atoms with Crippen LogP contribution in [0, 0.1) is 0 Å². The van der Waals surface area contributed by atoms with Crippen LogP contribution >= 0.6 is 0 Å². The molecule has 0 aliphatic carbocycles. The van der Waals surface area contributed by atoms with Gasteiger partial charge in [-0.2, -0.15) is 0 Å². The molecular formula is C9H20CuN4O6-4. The molecule has 0 rings (SSSR count). The van der Waals surface area contributed by atoms with Crippen molar-refractivity contribution < 1.29 is 46.8 Å². The largest absolute Gasteiger partial charge is 0.693 e. The minimum atomic E-state index is -0.898. The SMILES string of the molecule is [Cu].[NH-]CCC(=O)O.[NH-]CCC(=O)O.[NH-]CCC(=O)O.[NH2-]. The van der Waals surface area contributed by atoms with E-state index >= 15 is 0 Å². The Morgan fingerprint density at radius 3 is 0.800 bits per heavy atom. The second-order valence-corrected chi connectivity index (χ2v) is 2.68. The Hall–Kier alpha value is -1.23. The van der Waals surface area contributed by atoms with E-state index in [4.69, 9.17) is 32.5 Å². The summed E-state index contributed by atoms with van der Waals surface area (Å²) in [7, 11) is 0. The standard InChI is InChI=1S/3C3H6NO2.Cu.H2N/c3*4-2-1-3(5)6;;/h3*4H,1-2H2,(H,5,6);;1H2/q3*-1;;-1. The molecule has 0 amide bonds. The topological polar surface area (TPSA) is 217 Å². The fraction of sp³-hybridized carbons (Fsp3) is 0.667. The van der Waals surface area contributed by atoms with Gasteiger partial charge in [-0.1, -0.05) is 0 Å². The molecule has 127 valence electrons. The second-order valence-electron chi connectivity index (χ2n) is 2.68. The molecule has 0 fully saturated rings. The van der Waals surface area contributed by atoms with E-state index in [9.17, 15) is 14.4 Å². The quantitative estimate of drug-likeness (QED) is 0.613. The first-order valence-electron chi connectivity index (χ1n) is 4.90. The molecule has 11 heteroatoms. The third-order valence-corrected chi connectivity index (χ3v) is 1.02. The molecule has 0 saturated carbocycles. The average Bonchev–Trinajstić information content (AvgIpc) is 2.18. The van der Waals surface area contributed by atoms with Gasteiger partial charge in [-0.15, -0.1) is 19.6 Å². The third-order valence-electron chi connectivity index (χ3n) is 1.02. The Kier molecular flexibility index (Phi) is 41.2. The molecule has 0 aromatic rings. The molecule has 0 unspecified atom stereocenters. The van der Waals surface area contributed by atoms with Crippen LogP contribution in [0.4, 0.5) is 0 Å². The number of rotatable bonds is 6. The summed E-state index contributed by atoms with van der Waals surface area (Å²) in [6.07, 6.45) is -0.125. The van der Waals surface area contributed by atoms with Gasteiger partial charge >= 0.3 is 17.9 Å². The van der Waals surface area contributed by atoms with Crippen LogP contribution in [-0.2, 0) is 31.5 Å². The van der Waals surface area contributed by atoms with Gasteiger partial charge in [0, 0.05) is 36.3 Å². The Labute approximate surface area is 127 Å². The predicted octanol–water partition coefficient (Wildman–Crippen LogP) is 2.25. The number of carbonyl (C=O) groups is 3. The van der Waals surface area contributed by atoms with Crippen LogP contribution in [0.2, 0.25) is 0 Å². The van der Waals surface area contributed by atoms with Crippen LogP contribution < -0.4 is 0 Å². The molecule has 0 heterocycles. The van der Waals surface area contributed by atoms with Crippen LogP contribution in [0.5, 0.6) is 0 Å². The van der Waals surface area contributed by atoms with Gasteiger partial charge in [0.25, 0.3) is 0 Å². The minimum Gasteiger partial charge on any atom is -0.693 e. The number of aliphatic carboxylic acids is 3. The number of hydrogen-bond acceptors (Lipinski definition) is 3. The van der Waals surface area contributed by atoms with Crippen LogP contribution in [0.15, 0.2) is 0 Å². The number of nitrogens with two attached hydrogens (primary N) is 1. The van der Waals surface area contributed by atoms with Gasteiger partial charge in [-0.25, -0.2) is 0 Å². The van der Waals surface area contributed by atoms with E-state index in [-0.39, 0.29) is 62.1 Å². The molecule has 0 aromatic heterocycles. The van der Waals surface area contributed by atoms with E-state index in [0.29, 0.717) is 0 Å². The van der Waals surface area contributed by atoms with E-state index in [1.54, 1.807) is 0 Å². The van der Waals surface area contributed by atoms with Gasteiger partial charge in [0.2, 0.25) is 0 Å². The van der Waals surface area contributed by atoms with Crippen molar-refractivity contribution in [3.05, 3.63) is 23.4 Å². The summed E-state index contributed by atoms with van der Waals surface area (Å²) < 4.78 is 0. The van der Waals surface area contributed by atoms with Gasteiger partial charge in [0.15, 0.2) is 0 Å². The smallest absolute Gasteiger partial charge is 0.301 e. The Morgan fingerprint density at radius 1 is 0.650 bits per heavy atom. The van der Waals surface area contributed by atoms with Crippen molar-refractivity contribution >= 4 is 17.9 Å². The van der Waals surface area contributed by atoms with Gasteiger partial charge in [0.1, 0.15) is 0 Å². The molecule has 20 heavy (non-hydrogen) atoms. The summed E-state index contributed by atoms with van der Waals surface area (Å²) >= 11 is 0. The van der Waals surface area contributed by atoms with Crippen molar-refractivity contribution in [2.75, 3.05) is 19.6 Å². The van der Waals surface area contributed by atoms with Crippen LogP contribution in [-0.4, -0.2) is 52.9 Å². The Bertz CT molecular complexity index is 204. The fourth-order valence-corrected chi connectivity index (χ4v) is 0.321. The number of nitrogens with one attached hydrogen (secondary N) is 3. The maximum atomic E-state index is 9.48. The third kappa shape index (κ3) is 69.1. The summed E-state index contributed by atoms with van der Waals surface area (Å²) in [6.45, 7) is -0.0556. The van der Waals surface area contributed by atoms with Gasteiger partial charge in [0.05, 0.1) is 0 Å². The summed E-state index contributed by atoms with van der Waals surface area (Å²) in [4.78, 5) is 28.4. The van der Waals surface area contributed by atoms with Crippen molar-refractivity contribution in [2.45, 2.75) is 19.3 Å². The molecule has 1 radical (unpaired) electrons. The molecule has 0 aliphatic heterocycles. The summed E-state index contributed by atoms with van der Waals surface area (Å²) in [5.41, 5.74) is 19.1. The Morgan fingerprint density at radius 2 is 0.800 bits per heavy atom. The van der Waals surface area contributed by atoms with E-state index in [2.05, 4.69) is 0 Å². The molecule has 10 nitrogen and oxygen atoms in total. The van der Waals surface area contributed by atoms with Crippen LogP contribution in [0.3, 0.4) is 0 Å². The maximum absolute atomic E-state index is 9.48. The average molecular weight is 344 g/mol.